The van der Waals surface area contributed by atoms with Crippen molar-refractivity contribution in [3.63, 3.8) is 0 Å². The summed E-state index contributed by atoms with van der Waals surface area (Å²) in [6.45, 7) is 3.41. The number of aromatic amines is 1. The third-order valence-electron chi connectivity index (χ3n) is 5.57. The van der Waals surface area contributed by atoms with Gasteiger partial charge >= 0.3 is 0 Å². The lowest BCUT2D eigenvalue weighted by Gasteiger charge is -2.29. The van der Waals surface area contributed by atoms with Crippen LogP contribution < -0.4 is 15.7 Å². The molecule has 5 N–H and O–H groups in total. The molecule has 0 aliphatic carbocycles. The molecule has 0 saturated carbocycles. The molecule has 156 valence electrons. The number of para-hydroxylation sites is 1. The number of H-pyrrole nitrogens is 1. The maximum atomic E-state index is 9.33. The van der Waals surface area contributed by atoms with Gasteiger partial charge in [0.1, 0.15) is 5.82 Å². The second-order valence-corrected chi connectivity index (χ2v) is 7.52. The molecule has 1 fully saturated rings. The van der Waals surface area contributed by atoms with Crippen molar-refractivity contribution in [1.82, 2.24) is 25.7 Å². The van der Waals surface area contributed by atoms with E-state index < -0.39 is 0 Å². The van der Waals surface area contributed by atoms with Gasteiger partial charge in [-0.25, -0.2) is 0 Å². The van der Waals surface area contributed by atoms with E-state index in [1.807, 2.05) is 54.1 Å². The van der Waals surface area contributed by atoms with Crippen LogP contribution in [0.1, 0.15) is 5.56 Å². The van der Waals surface area contributed by atoms with Gasteiger partial charge in [-0.3, -0.25) is 26.1 Å². The number of hydrogen-bond donors (Lipinski definition) is 5. The van der Waals surface area contributed by atoms with Crippen LogP contribution in [-0.2, 0) is 0 Å². The number of anilines is 1. The minimum absolute atomic E-state index is 0.0379. The van der Waals surface area contributed by atoms with Crippen LogP contribution in [0.5, 0.6) is 0 Å². The second-order valence-electron chi connectivity index (χ2n) is 7.52. The van der Waals surface area contributed by atoms with E-state index in [4.69, 9.17) is 5.41 Å². The van der Waals surface area contributed by atoms with Crippen LogP contribution in [0.25, 0.3) is 33.4 Å². The lowest BCUT2D eigenvalue weighted by molar-refractivity contribution is 0.234. The summed E-state index contributed by atoms with van der Waals surface area (Å²) in [5, 5.41) is 21.9. The Balaban J connectivity index is 1.54. The van der Waals surface area contributed by atoms with Gasteiger partial charge in [0.2, 0.25) is 0 Å². The molecule has 8 heteroatoms. The number of rotatable bonds is 4. The molecular weight excluding hydrogens is 390 g/mol. The molecule has 31 heavy (non-hydrogen) atoms. The number of amidine groups is 1. The average Bonchev–Trinajstić information content (AvgIpc) is 3.29. The van der Waals surface area contributed by atoms with Crippen LogP contribution in [-0.4, -0.2) is 52.2 Å². The normalized spacial score (nSPS) is 14.0. The lowest BCUT2D eigenvalue weighted by atomic mass is 10.1. The number of aromatic nitrogens is 3. The zero-order chi connectivity index (χ0) is 21.2. The summed E-state index contributed by atoms with van der Waals surface area (Å²) in [6, 6.07) is 15.9. The van der Waals surface area contributed by atoms with E-state index >= 15 is 0 Å². The molecule has 0 spiro atoms. The topological polar surface area (TPSA) is 113 Å². The monoisotopic (exact) mass is 413 g/mol. The summed E-state index contributed by atoms with van der Waals surface area (Å²) in [5.74, 6) is 0.790. The fourth-order valence-electron chi connectivity index (χ4n) is 3.95. The number of pyridine rings is 2. The molecule has 1 aliphatic rings. The quantitative estimate of drug-likeness (QED) is 0.200. The van der Waals surface area contributed by atoms with Crippen LogP contribution in [0, 0.1) is 5.41 Å². The van der Waals surface area contributed by atoms with Gasteiger partial charge in [-0.15, -0.1) is 0 Å². The summed E-state index contributed by atoms with van der Waals surface area (Å²) >= 11 is 0. The Morgan fingerprint density at radius 1 is 1.03 bits per heavy atom. The molecule has 1 saturated heterocycles. The van der Waals surface area contributed by atoms with Gasteiger partial charge in [0, 0.05) is 60.8 Å². The predicted octanol–water partition coefficient (Wildman–Crippen LogP) is 3.01. The SMILES string of the molecule is N=C(NO)c1cc(-c2ccnc(-c3cnc4ccccc4c3)c2)[nH]c1N1CCNCC1. The first-order valence-corrected chi connectivity index (χ1v) is 10.2. The number of nitrogens with one attached hydrogen (secondary N) is 4. The number of benzene rings is 1. The van der Waals surface area contributed by atoms with Crippen LogP contribution in [0.2, 0.25) is 0 Å². The van der Waals surface area contributed by atoms with Gasteiger partial charge in [0.25, 0.3) is 0 Å². The molecule has 5 rings (SSSR count). The van der Waals surface area contributed by atoms with Crippen LogP contribution >= 0.6 is 0 Å². The highest BCUT2D eigenvalue weighted by atomic mass is 16.5. The third-order valence-corrected chi connectivity index (χ3v) is 5.57. The third kappa shape index (κ3) is 3.74. The maximum Gasteiger partial charge on any atom is 0.153 e. The van der Waals surface area contributed by atoms with Crippen molar-refractivity contribution in [3.8, 4) is 22.5 Å². The summed E-state index contributed by atoms with van der Waals surface area (Å²) in [4.78, 5) is 14.7. The van der Waals surface area contributed by atoms with Gasteiger partial charge in [-0.1, -0.05) is 18.2 Å². The highest BCUT2D eigenvalue weighted by molar-refractivity contribution is 6.02. The van der Waals surface area contributed by atoms with E-state index in [1.165, 1.54) is 0 Å². The number of hydroxylamine groups is 1. The minimum Gasteiger partial charge on any atom is -0.355 e. The largest absolute Gasteiger partial charge is 0.355 e. The maximum absolute atomic E-state index is 9.33. The van der Waals surface area contributed by atoms with Crippen LogP contribution in [0.4, 0.5) is 5.82 Å². The molecule has 1 aliphatic heterocycles. The van der Waals surface area contributed by atoms with Gasteiger partial charge in [0.05, 0.1) is 16.8 Å². The molecule has 4 aromatic rings. The Bertz CT molecular complexity index is 1240. The smallest absolute Gasteiger partial charge is 0.153 e. The lowest BCUT2D eigenvalue weighted by Crippen LogP contribution is -2.44. The molecular formula is C23H23N7O. The average molecular weight is 413 g/mol. The summed E-state index contributed by atoms with van der Waals surface area (Å²) in [7, 11) is 0. The number of nitrogens with zero attached hydrogens (tertiary/aromatic N) is 3. The van der Waals surface area contributed by atoms with Crippen molar-refractivity contribution >= 4 is 22.6 Å². The molecule has 0 amide bonds. The van der Waals surface area contributed by atoms with E-state index in [1.54, 1.807) is 6.20 Å². The fourth-order valence-corrected chi connectivity index (χ4v) is 3.95. The first kappa shape index (κ1) is 19.2. The zero-order valence-electron chi connectivity index (χ0n) is 16.9. The van der Waals surface area contributed by atoms with Crippen LogP contribution in [0.3, 0.4) is 0 Å². The molecule has 8 nitrogen and oxygen atoms in total. The Kier molecular flexibility index (Phi) is 5.07. The van der Waals surface area contributed by atoms with E-state index in [2.05, 4.69) is 31.2 Å². The van der Waals surface area contributed by atoms with Crippen molar-refractivity contribution in [2.75, 3.05) is 31.1 Å². The van der Waals surface area contributed by atoms with Gasteiger partial charge < -0.3 is 15.2 Å². The van der Waals surface area contributed by atoms with Crippen molar-refractivity contribution < 1.29 is 5.21 Å². The van der Waals surface area contributed by atoms with Crippen molar-refractivity contribution in [2.45, 2.75) is 0 Å². The highest BCUT2D eigenvalue weighted by Gasteiger charge is 2.20. The molecule has 0 radical (unpaired) electrons. The predicted molar refractivity (Wildman–Crippen MR) is 122 cm³/mol. The molecule has 0 unspecified atom stereocenters. The molecule has 1 aromatic carbocycles. The number of fused-ring (bicyclic) bond motifs is 1. The minimum atomic E-state index is -0.0379. The van der Waals surface area contributed by atoms with Gasteiger partial charge in [-0.05, 0) is 30.3 Å². The van der Waals surface area contributed by atoms with E-state index in [-0.39, 0.29) is 5.84 Å². The fraction of sp³-hybridized carbons (Fsp3) is 0.174. The van der Waals surface area contributed by atoms with E-state index in [0.717, 1.165) is 65.4 Å². The van der Waals surface area contributed by atoms with E-state index in [0.29, 0.717) is 5.56 Å². The van der Waals surface area contributed by atoms with Gasteiger partial charge in [-0.2, -0.15) is 0 Å². The molecule has 0 bridgehead atoms. The van der Waals surface area contributed by atoms with Crippen LogP contribution in [0.15, 0.2) is 60.9 Å². The van der Waals surface area contributed by atoms with E-state index in [9.17, 15) is 5.21 Å². The second kappa shape index (κ2) is 8.17. The Morgan fingerprint density at radius 3 is 2.71 bits per heavy atom. The highest BCUT2D eigenvalue weighted by Crippen LogP contribution is 2.30. The molecule has 4 heterocycles. The van der Waals surface area contributed by atoms with Crippen molar-refractivity contribution in [1.29, 1.82) is 5.41 Å². The van der Waals surface area contributed by atoms with Gasteiger partial charge in [0.15, 0.2) is 5.84 Å². The Labute approximate surface area is 179 Å². The molecule has 3 aromatic heterocycles. The first-order chi connectivity index (χ1) is 15.2. The molecule has 0 atom stereocenters. The Morgan fingerprint density at radius 2 is 1.87 bits per heavy atom. The number of hydrogen-bond acceptors (Lipinski definition) is 6. The van der Waals surface area contributed by atoms with Crippen molar-refractivity contribution in [2.24, 2.45) is 0 Å². The summed E-state index contributed by atoms with van der Waals surface area (Å²) in [5.41, 5.74) is 7.14. The number of piperazine rings is 1. The zero-order valence-corrected chi connectivity index (χ0v) is 16.9. The van der Waals surface area contributed by atoms with Crippen molar-refractivity contribution in [3.05, 3.63) is 66.5 Å². The first-order valence-electron chi connectivity index (χ1n) is 10.2. The summed E-state index contributed by atoms with van der Waals surface area (Å²) < 4.78 is 0. The summed E-state index contributed by atoms with van der Waals surface area (Å²) in [6.07, 6.45) is 3.62. The standard InChI is InChI=1S/C23H23N7O/c24-22(29-31)18-13-21(28-23(18)30-9-7-25-8-10-30)16-5-6-26-20(12-16)17-11-15-3-1-2-4-19(15)27-14-17/h1-6,11-14,25,28,31H,7-10H2,(H2,24,29). The Hall–Kier alpha value is -3.75.